The molecule has 0 N–H and O–H groups in total. The maximum atomic E-state index is 10.1. The van der Waals surface area contributed by atoms with E-state index in [1.807, 2.05) is 25.1 Å². The Morgan fingerprint density at radius 3 is 2.70 bits per heavy atom. The van der Waals surface area contributed by atoms with Crippen molar-refractivity contribution in [3.8, 4) is 5.75 Å². The van der Waals surface area contributed by atoms with Crippen LogP contribution in [0.2, 0.25) is 0 Å². The van der Waals surface area contributed by atoms with E-state index in [9.17, 15) is 4.57 Å². The predicted octanol–water partition coefficient (Wildman–Crippen LogP) is 2.05. The Morgan fingerprint density at radius 1 is 1.40 bits per heavy atom. The Balaban J connectivity index is 2.91. The summed E-state index contributed by atoms with van der Waals surface area (Å²) in [6, 6.07) is 7.50. The minimum absolute atomic E-state index is 0.715. The van der Waals surface area contributed by atoms with Crippen LogP contribution in [0.4, 0.5) is 0 Å². The summed E-state index contributed by atoms with van der Waals surface area (Å²) >= 11 is 0. The molecule has 0 aliphatic heterocycles. The highest BCUT2D eigenvalue weighted by Gasteiger charge is 1.92. The van der Waals surface area contributed by atoms with E-state index in [1.54, 1.807) is 6.07 Å². The van der Waals surface area contributed by atoms with Gasteiger partial charge in [0.05, 0.1) is 0 Å². The molecule has 0 aliphatic rings. The molecule has 1 rings (SSSR count). The van der Waals surface area contributed by atoms with Crippen molar-refractivity contribution in [2.45, 2.75) is 6.92 Å². The highest BCUT2D eigenvalue weighted by atomic mass is 31.1. The fourth-order valence-electron chi connectivity index (χ4n) is 0.740. The highest BCUT2D eigenvalue weighted by Crippen LogP contribution is 2.19. The molecular weight excluding hydrogens is 147 g/mol. The summed E-state index contributed by atoms with van der Waals surface area (Å²) in [6.45, 7) is 1.92. The second-order valence-electron chi connectivity index (χ2n) is 1.98. The zero-order valence-electron chi connectivity index (χ0n) is 5.70. The van der Waals surface area contributed by atoms with Crippen LogP contribution in [0.15, 0.2) is 24.3 Å². The van der Waals surface area contributed by atoms with Crippen LogP contribution in [0.3, 0.4) is 0 Å². The molecule has 54 valence electrons. The Kier molecular flexibility index (Phi) is 2.52. The predicted molar refractivity (Wildman–Crippen MR) is 42.2 cm³/mol. The van der Waals surface area contributed by atoms with Gasteiger partial charge >= 0.3 is 0 Å². The molecular formula is C7H9O2P. The molecule has 0 aliphatic carbocycles. The van der Waals surface area contributed by atoms with E-state index in [1.165, 1.54) is 0 Å². The molecule has 1 atom stereocenters. The summed E-state index contributed by atoms with van der Waals surface area (Å²) in [5.74, 6) is 0.715. The van der Waals surface area contributed by atoms with Gasteiger partial charge in [0.1, 0.15) is 5.75 Å². The fraction of sp³-hybridized carbons (Fsp3) is 0.143. The van der Waals surface area contributed by atoms with E-state index in [0.717, 1.165) is 5.56 Å². The molecule has 3 heteroatoms. The van der Waals surface area contributed by atoms with Crippen molar-refractivity contribution in [2.24, 2.45) is 0 Å². The number of hydrogen-bond acceptors (Lipinski definition) is 2. The van der Waals surface area contributed by atoms with E-state index >= 15 is 0 Å². The molecule has 0 amide bonds. The number of rotatable bonds is 2. The van der Waals surface area contributed by atoms with Gasteiger partial charge in [-0.2, -0.15) is 0 Å². The van der Waals surface area contributed by atoms with Crippen LogP contribution in [0.1, 0.15) is 5.56 Å². The summed E-state index contributed by atoms with van der Waals surface area (Å²) in [4.78, 5) is 0. The average Bonchev–Trinajstić information content (AvgIpc) is 1.94. The largest absolute Gasteiger partial charge is 0.447 e. The molecule has 0 spiro atoms. The first-order valence-electron chi connectivity index (χ1n) is 3.00. The first-order valence-corrected chi connectivity index (χ1v) is 3.95. The van der Waals surface area contributed by atoms with Crippen LogP contribution in [0, 0.1) is 6.92 Å². The van der Waals surface area contributed by atoms with Crippen molar-refractivity contribution in [1.29, 1.82) is 0 Å². The van der Waals surface area contributed by atoms with Crippen LogP contribution >= 0.6 is 8.69 Å². The van der Waals surface area contributed by atoms with Crippen molar-refractivity contribution in [1.82, 2.24) is 0 Å². The van der Waals surface area contributed by atoms with Crippen molar-refractivity contribution in [2.75, 3.05) is 0 Å². The first kappa shape index (κ1) is 7.36. The SMILES string of the molecule is Cc1ccccc1O[PH2]=O. The molecule has 1 aromatic rings. The fourth-order valence-corrected chi connectivity index (χ4v) is 1.11. The zero-order valence-corrected chi connectivity index (χ0v) is 6.86. The quantitative estimate of drug-likeness (QED) is 0.612. The van der Waals surface area contributed by atoms with Gasteiger partial charge in [-0.3, -0.25) is 4.57 Å². The van der Waals surface area contributed by atoms with Gasteiger partial charge in [0.15, 0.2) is 0 Å². The number of benzene rings is 1. The normalized spacial score (nSPS) is 10.5. The van der Waals surface area contributed by atoms with Gasteiger partial charge in [0, 0.05) is 0 Å². The summed E-state index contributed by atoms with van der Waals surface area (Å²) in [5, 5.41) is 0. The van der Waals surface area contributed by atoms with Gasteiger partial charge in [0.25, 0.3) is 0 Å². The van der Waals surface area contributed by atoms with E-state index in [-0.39, 0.29) is 0 Å². The van der Waals surface area contributed by atoms with Crippen LogP contribution in [-0.2, 0) is 4.57 Å². The minimum atomic E-state index is -1.14. The zero-order chi connectivity index (χ0) is 7.40. The minimum Gasteiger partial charge on any atom is -0.447 e. The number of para-hydroxylation sites is 1. The molecule has 1 unspecified atom stereocenters. The lowest BCUT2D eigenvalue weighted by Crippen LogP contribution is -1.78. The van der Waals surface area contributed by atoms with Crippen molar-refractivity contribution in [3.05, 3.63) is 29.8 Å². The Hall–Kier alpha value is -0.750. The van der Waals surface area contributed by atoms with Gasteiger partial charge in [-0.1, -0.05) is 18.2 Å². The highest BCUT2D eigenvalue weighted by molar-refractivity contribution is 7.17. The maximum Gasteiger partial charge on any atom is 0.225 e. The summed E-state index contributed by atoms with van der Waals surface area (Å²) in [7, 11) is -1.14. The second kappa shape index (κ2) is 3.43. The molecule has 0 saturated carbocycles. The van der Waals surface area contributed by atoms with Crippen molar-refractivity contribution in [3.63, 3.8) is 0 Å². The second-order valence-corrected chi connectivity index (χ2v) is 2.41. The molecule has 0 heterocycles. The average molecular weight is 156 g/mol. The van der Waals surface area contributed by atoms with Gasteiger partial charge < -0.3 is 4.52 Å². The summed E-state index contributed by atoms with van der Waals surface area (Å²) < 4.78 is 15.0. The van der Waals surface area contributed by atoms with Crippen LogP contribution in [0.25, 0.3) is 0 Å². The van der Waals surface area contributed by atoms with Gasteiger partial charge in [-0.15, -0.1) is 0 Å². The van der Waals surface area contributed by atoms with E-state index < -0.39 is 8.69 Å². The molecule has 10 heavy (non-hydrogen) atoms. The van der Waals surface area contributed by atoms with Gasteiger partial charge in [-0.25, -0.2) is 0 Å². The van der Waals surface area contributed by atoms with E-state index in [0.29, 0.717) is 5.75 Å². The third-order valence-electron chi connectivity index (χ3n) is 1.27. The first-order chi connectivity index (χ1) is 4.84. The lowest BCUT2D eigenvalue weighted by molar-refractivity contribution is 0.523. The lowest BCUT2D eigenvalue weighted by Gasteiger charge is -2.00. The van der Waals surface area contributed by atoms with Gasteiger partial charge in [-0.05, 0) is 18.6 Å². The smallest absolute Gasteiger partial charge is 0.225 e. The van der Waals surface area contributed by atoms with Gasteiger partial charge in [0.2, 0.25) is 8.69 Å². The molecule has 0 saturated heterocycles. The Morgan fingerprint density at radius 2 is 2.10 bits per heavy atom. The number of hydrogen-bond donors (Lipinski definition) is 0. The standard InChI is InChI=1S/C7H9O2P/c1-6-4-2-3-5-7(6)9-10-8/h2-5H,10H2,1H3. The molecule has 0 bridgehead atoms. The third-order valence-corrected chi connectivity index (χ3v) is 1.62. The molecule has 0 radical (unpaired) electrons. The molecule has 1 aromatic carbocycles. The molecule has 0 fully saturated rings. The van der Waals surface area contributed by atoms with Crippen LogP contribution in [-0.4, -0.2) is 0 Å². The maximum absolute atomic E-state index is 10.1. The van der Waals surface area contributed by atoms with E-state index in [2.05, 4.69) is 0 Å². The van der Waals surface area contributed by atoms with Crippen LogP contribution in [0.5, 0.6) is 5.75 Å². The third kappa shape index (κ3) is 1.61. The van der Waals surface area contributed by atoms with Crippen molar-refractivity contribution < 1.29 is 9.09 Å². The molecule has 2 nitrogen and oxygen atoms in total. The van der Waals surface area contributed by atoms with Crippen molar-refractivity contribution >= 4 is 8.69 Å². The summed E-state index contributed by atoms with van der Waals surface area (Å²) in [5.41, 5.74) is 1.02. The number of aryl methyl sites for hydroxylation is 1. The molecule has 0 aromatic heterocycles. The Bertz CT molecular complexity index is 235. The topological polar surface area (TPSA) is 26.3 Å². The Labute approximate surface area is 61.1 Å². The summed E-state index contributed by atoms with van der Waals surface area (Å²) in [6.07, 6.45) is 0. The van der Waals surface area contributed by atoms with Crippen LogP contribution < -0.4 is 4.52 Å². The lowest BCUT2D eigenvalue weighted by atomic mass is 10.2. The van der Waals surface area contributed by atoms with E-state index in [4.69, 9.17) is 4.52 Å². The monoisotopic (exact) mass is 156 g/mol.